The number of carboxylic acid groups (broad SMARTS) is 1. The Morgan fingerprint density at radius 2 is 1.94 bits per heavy atom. The summed E-state index contributed by atoms with van der Waals surface area (Å²) in [5.41, 5.74) is 0.224. The molecule has 1 saturated heterocycles. The maximum Gasteiger partial charge on any atom is 0.326 e. The Morgan fingerprint density at radius 3 is 2.33 bits per heavy atom. The van der Waals surface area contributed by atoms with Crippen LogP contribution in [0.3, 0.4) is 0 Å². The first-order valence-electron chi connectivity index (χ1n) is 6.76. The van der Waals surface area contributed by atoms with E-state index in [1.165, 1.54) is 0 Å². The number of amides is 2. The lowest BCUT2D eigenvalue weighted by molar-refractivity contribution is -0.139. The van der Waals surface area contributed by atoms with Crippen LogP contribution in [0.15, 0.2) is 0 Å². The van der Waals surface area contributed by atoms with Crippen molar-refractivity contribution in [2.45, 2.75) is 52.5 Å². The molecule has 2 amide bonds. The highest BCUT2D eigenvalue weighted by Crippen LogP contribution is 2.36. The number of rotatable bonds is 5. The summed E-state index contributed by atoms with van der Waals surface area (Å²) in [6.45, 7) is 7.52. The van der Waals surface area contributed by atoms with Crippen molar-refractivity contribution in [2.75, 3.05) is 13.1 Å². The van der Waals surface area contributed by atoms with Crippen LogP contribution in [-0.4, -0.2) is 41.1 Å². The number of hydrogen-bond acceptors (Lipinski definition) is 2. The van der Waals surface area contributed by atoms with Crippen molar-refractivity contribution < 1.29 is 14.7 Å². The maximum atomic E-state index is 12.0. The second kappa shape index (κ2) is 6.07. The number of carbonyl (C=O) groups excluding carboxylic acids is 1. The number of likely N-dealkylation sites (tertiary alicyclic amines) is 1. The number of nitrogens with zero attached hydrogens (tertiary/aromatic N) is 1. The Labute approximate surface area is 109 Å². The van der Waals surface area contributed by atoms with E-state index < -0.39 is 12.0 Å². The lowest BCUT2D eigenvalue weighted by atomic mass is 9.82. The zero-order chi connectivity index (χ0) is 13.8. The van der Waals surface area contributed by atoms with Crippen molar-refractivity contribution in [3.05, 3.63) is 0 Å². The fourth-order valence-corrected chi connectivity index (χ4v) is 2.51. The molecule has 0 radical (unpaired) electrons. The third kappa shape index (κ3) is 3.15. The summed E-state index contributed by atoms with van der Waals surface area (Å²) >= 11 is 0. The van der Waals surface area contributed by atoms with Crippen LogP contribution in [0.4, 0.5) is 4.79 Å². The van der Waals surface area contributed by atoms with Gasteiger partial charge in [0.15, 0.2) is 0 Å². The third-order valence-electron chi connectivity index (χ3n) is 4.23. The van der Waals surface area contributed by atoms with Crippen LogP contribution in [0, 0.1) is 5.41 Å². The molecule has 18 heavy (non-hydrogen) atoms. The molecule has 5 heteroatoms. The molecular formula is C13H24N2O3. The molecule has 0 aromatic carbocycles. The summed E-state index contributed by atoms with van der Waals surface area (Å²) in [6, 6.07) is -1.02. The molecule has 0 aliphatic carbocycles. The fourth-order valence-electron chi connectivity index (χ4n) is 2.51. The Balaban J connectivity index is 2.57. The summed E-state index contributed by atoms with van der Waals surface area (Å²) in [7, 11) is 0. The monoisotopic (exact) mass is 256 g/mol. The number of carbonyl (C=O) groups is 2. The van der Waals surface area contributed by atoms with Gasteiger partial charge in [-0.05, 0) is 31.1 Å². The third-order valence-corrected chi connectivity index (χ3v) is 4.23. The second-order valence-electron chi connectivity index (χ2n) is 5.13. The van der Waals surface area contributed by atoms with Crippen molar-refractivity contribution in [1.29, 1.82) is 0 Å². The van der Waals surface area contributed by atoms with Gasteiger partial charge in [-0.15, -0.1) is 0 Å². The Hall–Kier alpha value is -1.26. The van der Waals surface area contributed by atoms with E-state index in [2.05, 4.69) is 19.2 Å². The topological polar surface area (TPSA) is 69.6 Å². The summed E-state index contributed by atoms with van der Waals surface area (Å²) in [5, 5.41) is 11.5. The summed E-state index contributed by atoms with van der Waals surface area (Å²) in [5.74, 6) is -0.970. The average molecular weight is 256 g/mol. The van der Waals surface area contributed by atoms with Crippen LogP contribution < -0.4 is 5.32 Å². The standard InChI is InChI=1S/C13H24N2O3/c1-4-10(11(16)17)14-12(18)15-8-7-13(5-2,6-3)9-15/h10H,4-9H2,1-3H3,(H,14,18)(H,16,17). The van der Waals surface area contributed by atoms with E-state index >= 15 is 0 Å². The molecular weight excluding hydrogens is 232 g/mol. The maximum absolute atomic E-state index is 12.0. The summed E-state index contributed by atoms with van der Waals surface area (Å²) < 4.78 is 0. The van der Waals surface area contributed by atoms with Gasteiger partial charge in [0.1, 0.15) is 6.04 Å². The SMILES string of the molecule is CCC(NC(=O)N1CCC(CC)(CC)C1)C(=O)O. The van der Waals surface area contributed by atoms with Crippen molar-refractivity contribution in [3.8, 4) is 0 Å². The largest absolute Gasteiger partial charge is 0.480 e. The zero-order valence-electron chi connectivity index (χ0n) is 11.5. The summed E-state index contributed by atoms with van der Waals surface area (Å²) in [6.07, 6.45) is 3.53. The molecule has 0 spiro atoms. The van der Waals surface area contributed by atoms with Crippen LogP contribution in [-0.2, 0) is 4.79 Å². The normalized spacial score (nSPS) is 19.6. The van der Waals surface area contributed by atoms with Crippen molar-refractivity contribution in [2.24, 2.45) is 5.41 Å². The highest BCUT2D eigenvalue weighted by molar-refractivity contribution is 5.82. The van der Waals surface area contributed by atoms with Gasteiger partial charge in [-0.3, -0.25) is 0 Å². The number of urea groups is 1. The highest BCUT2D eigenvalue weighted by atomic mass is 16.4. The number of aliphatic carboxylic acids is 1. The number of nitrogens with one attached hydrogen (secondary N) is 1. The zero-order valence-corrected chi connectivity index (χ0v) is 11.5. The van der Waals surface area contributed by atoms with E-state index in [0.717, 1.165) is 32.4 Å². The molecule has 104 valence electrons. The minimum atomic E-state index is -0.970. The first-order valence-corrected chi connectivity index (χ1v) is 6.76. The van der Waals surface area contributed by atoms with Crippen LogP contribution in [0.1, 0.15) is 46.5 Å². The molecule has 2 N–H and O–H groups in total. The minimum Gasteiger partial charge on any atom is -0.480 e. The van der Waals surface area contributed by atoms with Crippen LogP contribution in [0.5, 0.6) is 0 Å². The molecule has 1 aliphatic rings. The smallest absolute Gasteiger partial charge is 0.326 e. The van der Waals surface area contributed by atoms with Gasteiger partial charge in [0.2, 0.25) is 0 Å². The van der Waals surface area contributed by atoms with Crippen LogP contribution >= 0.6 is 0 Å². The van der Waals surface area contributed by atoms with Gasteiger partial charge in [0.25, 0.3) is 0 Å². The van der Waals surface area contributed by atoms with Gasteiger partial charge < -0.3 is 15.3 Å². The fraction of sp³-hybridized carbons (Fsp3) is 0.846. The lowest BCUT2D eigenvalue weighted by Gasteiger charge is -2.27. The Bertz CT molecular complexity index is 313. The Kier molecular flexibility index (Phi) is 4.99. The molecule has 0 aromatic heterocycles. The Morgan fingerprint density at radius 1 is 1.33 bits per heavy atom. The molecule has 1 fully saturated rings. The van der Waals surface area contributed by atoms with E-state index in [-0.39, 0.29) is 11.4 Å². The quantitative estimate of drug-likeness (QED) is 0.791. The molecule has 0 saturated carbocycles. The van der Waals surface area contributed by atoms with Gasteiger partial charge >= 0.3 is 12.0 Å². The van der Waals surface area contributed by atoms with Gasteiger partial charge in [0, 0.05) is 13.1 Å². The van der Waals surface area contributed by atoms with Gasteiger partial charge in [-0.2, -0.15) is 0 Å². The molecule has 5 nitrogen and oxygen atoms in total. The lowest BCUT2D eigenvalue weighted by Crippen LogP contribution is -2.47. The van der Waals surface area contributed by atoms with Crippen LogP contribution in [0.25, 0.3) is 0 Å². The molecule has 0 aromatic rings. The predicted octanol–water partition coefficient (Wildman–Crippen LogP) is 2.07. The number of carboxylic acids is 1. The van der Waals surface area contributed by atoms with E-state index in [4.69, 9.17) is 5.11 Å². The first-order chi connectivity index (χ1) is 8.48. The van der Waals surface area contributed by atoms with Gasteiger partial charge in [0.05, 0.1) is 0 Å². The molecule has 0 bridgehead atoms. The van der Waals surface area contributed by atoms with E-state index in [9.17, 15) is 9.59 Å². The second-order valence-corrected chi connectivity index (χ2v) is 5.13. The predicted molar refractivity (Wildman–Crippen MR) is 69.5 cm³/mol. The van der Waals surface area contributed by atoms with Crippen molar-refractivity contribution in [1.82, 2.24) is 10.2 Å². The van der Waals surface area contributed by atoms with E-state index in [1.54, 1.807) is 11.8 Å². The van der Waals surface area contributed by atoms with Crippen molar-refractivity contribution >= 4 is 12.0 Å². The first kappa shape index (κ1) is 14.8. The van der Waals surface area contributed by atoms with E-state index in [0.29, 0.717) is 6.42 Å². The minimum absolute atomic E-state index is 0.224. The molecule has 1 unspecified atom stereocenters. The molecule has 1 atom stereocenters. The van der Waals surface area contributed by atoms with E-state index in [1.807, 2.05) is 0 Å². The molecule has 1 heterocycles. The molecule has 1 aliphatic heterocycles. The highest BCUT2D eigenvalue weighted by Gasteiger charge is 2.37. The molecule has 1 rings (SSSR count). The van der Waals surface area contributed by atoms with Gasteiger partial charge in [-0.1, -0.05) is 20.8 Å². The van der Waals surface area contributed by atoms with Crippen LogP contribution in [0.2, 0.25) is 0 Å². The number of hydrogen-bond donors (Lipinski definition) is 2. The van der Waals surface area contributed by atoms with Crippen molar-refractivity contribution in [3.63, 3.8) is 0 Å². The summed E-state index contributed by atoms with van der Waals surface area (Å²) in [4.78, 5) is 24.6. The average Bonchev–Trinajstić information content (AvgIpc) is 2.80. The van der Waals surface area contributed by atoms with Gasteiger partial charge in [-0.25, -0.2) is 9.59 Å².